The summed E-state index contributed by atoms with van der Waals surface area (Å²) in [5.41, 5.74) is 5.34. The molecule has 0 aliphatic carbocycles. The van der Waals surface area contributed by atoms with E-state index < -0.39 is 27.2 Å². The molecule has 0 amide bonds. The van der Waals surface area contributed by atoms with Gasteiger partial charge in [0.25, 0.3) is 15.7 Å². The number of nitrogens with zero attached hydrogens (tertiary/aromatic N) is 2. The average Bonchev–Trinajstić information content (AvgIpc) is 2.81. The number of nitrogens with one attached hydrogen (secondary N) is 2. The predicted octanol–water partition coefficient (Wildman–Crippen LogP) is 5.84. The molecule has 9 nitrogen and oxygen atoms in total. The first-order valence-electron chi connectivity index (χ1n) is 10.8. The van der Waals surface area contributed by atoms with E-state index in [1.54, 1.807) is 32.0 Å². The van der Waals surface area contributed by atoms with Crippen molar-refractivity contribution < 1.29 is 26.9 Å². The highest BCUT2D eigenvalue weighted by molar-refractivity contribution is 7.92. The third kappa shape index (κ3) is 6.54. The van der Waals surface area contributed by atoms with Crippen LogP contribution in [0.15, 0.2) is 70.7 Å². The molecule has 12 heteroatoms. The van der Waals surface area contributed by atoms with Crippen molar-refractivity contribution in [3.8, 4) is 5.75 Å². The molecule has 0 saturated heterocycles. The predicted molar refractivity (Wildman–Crippen MR) is 133 cm³/mol. The summed E-state index contributed by atoms with van der Waals surface area (Å²) in [5, 5.41) is 15.6. The van der Waals surface area contributed by atoms with Crippen LogP contribution in [0.25, 0.3) is 0 Å². The second-order valence-corrected chi connectivity index (χ2v) is 9.44. The number of hydrogen-bond donors (Lipinski definition) is 2. The van der Waals surface area contributed by atoms with Gasteiger partial charge in [0.2, 0.25) is 0 Å². The van der Waals surface area contributed by atoms with Gasteiger partial charge in [-0.15, -0.1) is 0 Å². The molecule has 190 valence electrons. The van der Waals surface area contributed by atoms with Crippen LogP contribution >= 0.6 is 0 Å². The molecule has 0 fully saturated rings. The third-order valence-corrected chi connectivity index (χ3v) is 6.56. The summed E-state index contributed by atoms with van der Waals surface area (Å²) in [6.07, 6.45) is 0.415. The number of benzene rings is 3. The highest BCUT2D eigenvalue weighted by atomic mass is 32.2. The molecule has 3 aromatic rings. The van der Waals surface area contributed by atoms with Crippen LogP contribution < -0.4 is 14.9 Å². The topological polar surface area (TPSA) is 123 Å². The number of sulfonamides is 1. The van der Waals surface area contributed by atoms with E-state index in [0.29, 0.717) is 28.9 Å². The average molecular weight is 519 g/mol. The van der Waals surface area contributed by atoms with Gasteiger partial charge in [-0.05, 0) is 67.8 Å². The van der Waals surface area contributed by atoms with Crippen molar-refractivity contribution in [2.24, 2.45) is 5.10 Å². The van der Waals surface area contributed by atoms with Gasteiger partial charge in [0.15, 0.2) is 0 Å². The van der Waals surface area contributed by atoms with E-state index in [2.05, 4.69) is 20.0 Å². The number of aryl methyl sites for hydroxylation is 2. The Bertz CT molecular complexity index is 1390. The first-order valence-corrected chi connectivity index (χ1v) is 12.2. The first-order chi connectivity index (χ1) is 17.0. The third-order valence-electron chi connectivity index (χ3n) is 5.15. The van der Waals surface area contributed by atoms with Gasteiger partial charge in [-0.25, -0.2) is 8.42 Å². The second-order valence-electron chi connectivity index (χ2n) is 7.79. The summed E-state index contributed by atoms with van der Waals surface area (Å²) in [7, 11) is -4.25. The summed E-state index contributed by atoms with van der Waals surface area (Å²) in [4.78, 5) is 10.3. The van der Waals surface area contributed by atoms with Gasteiger partial charge in [0.05, 0.1) is 22.0 Å². The highest BCUT2D eigenvalue weighted by Gasteiger charge is 2.23. The minimum atomic E-state index is -4.25. The zero-order valence-corrected chi connectivity index (χ0v) is 20.5. The summed E-state index contributed by atoms with van der Waals surface area (Å²) in [6, 6.07) is 14.3. The largest absolute Gasteiger partial charge is 0.435 e. The Morgan fingerprint density at radius 1 is 1.06 bits per heavy atom. The van der Waals surface area contributed by atoms with Crippen LogP contribution in [0.1, 0.15) is 30.0 Å². The molecule has 0 heterocycles. The fourth-order valence-corrected chi connectivity index (χ4v) is 4.68. The van der Waals surface area contributed by atoms with Crippen molar-refractivity contribution in [3.63, 3.8) is 0 Å². The van der Waals surface area contributed by atoms with E-state index >= 15 is 0 Å². The van der Waals surface area contributed by atoms with Crippen molar-refractivity contribution in [1.82, 2.24) is 0 Å². The smallest absolute Gasteiger partial charge is 0.387 e. The van der Waals surface area contributed by atoms with Crippen LogP contribution in [-0.2, 0) is 10.0 Å². The lowest BCUT2D eigenvalue weighted by Gasteiger charge is -2.14. The molecule has 0 radical (unpaired) electrons. The summed E-state index contributed by atoms with van der Waals surface area (Å²) in [5.74, 6) is -0.0154. The molecule has 0 saturated carbocycles. The number of halogens is 2. The Kier molecular flexibility index (Phi) is 8.20. The van der Waals surface area contributed by atoms with Gasteiger partial charge in [0, 0.05) is 12.1 Å². The van der Waals surface area contributed by atoms with Gasteiger partial charge >= 0.3 is 6.61 Å². The molecule has 3 rings (SSSR count). The van der Waals surface area contributed by atoms with Crippen molar-refractivity contribution >= 4 is 32.8 Å². The van der Waals surface area contributed by atoms with Crippen LogP contribution in [0.2, 0.25) is 0 Å². The van der Waals surface area contributed by atoms with Gasteiger partial charge in [-0.3, -0.25) is 20.3 Å². The van der Waals surface area contributed by atoms with Gasteiger partial charge in [-0.2, -0.15) is 13.9 Å². The number of nitro groups is 1. The van der Waals surface area contributed by atoms with E-state index in [1.165, 1.54) is 30.3 Å². The van der Waals surface area contributed by atoms with Crippen LogP contribution in [-0.4, -0.2) is 25.7 Å². The molecule has 36 heavy (non-hydrogen) atoms. The van der Waals surface area contributed by atoms with E-state index in [1.807, 2.05) is 6.92 Å². The molecular formula is C24H24F2N4O5S. The van der Waals surface area contributed by atoms with Gasteiger partial charge < -0.3 is 4.74 Å². The molecule has 0 spiro atoms. The normalized spacial score (nSPS) is 11.9. The zero-order valence-electron chi connectivity index (χ0n) is 19.7. The maximum absolute atomic E-state index is 13.2. The number of hydrogen-bond acceptors (Lipinski definition) is 7. The number of nitro benzene ring substituents is 1. The number of alkyl halides is 2. The van der Waals surface area contributed by atoms with Crippen molar-refractivity contribution in [3.05, 3.63) is 87.5 Å². The lowest BCUT2D eigenvalue weighted by atomic mass is 10.1. The molecule has 0 unspecified atom stereocenters. The quantitative estimate of drug-likeness (QED) is 0.197. The number of ether oxygens (including phenoxy) is 1. The van der Waals surface area contributed by atoms with Crippen LogP contribution in [0.4, 0.5) is 25.8 Å². The molecule has 0 aromatic heterocycles. The van der Waals surface area contributed by atoms with Gasteiger partial charge in [-0.1, -0.05) is 24.6 Å². The number of hydrazone groups is 1. The van der Waals surface area contributed by atoms with Crippen LogP contribution in [0.5, 0.6) is 5.75 Å². The van der Waals surface area contributed by atoms with Crippen molar-refractivity contribution in [2.45, 2.75) is 38.7 Å². The SMILES string of the molecule is CC/C(=N\Nc1ccc([N+](=O)[O-])cc1S(=O)(=O)Nc1ccc(C)cc1C)c1ccc(OC(F)F)cc1. The Hall–Kier alpha value is -4.06. The first kappa shape index (κ1) is 26.5. The fraction of sp³-hybridized carbons (Fsp3) is 0.208. The monoisotopic (exact) mass is 518 g/mol. The second kappa shape index (κ2) is 11.1. The number of non-ortho nitro benzene ring substituents is 1. The Morgan fingerprint density at radius 3 is 2.31 bits per heavy atom. The van der Waals surface area contributed by atoms with E-state index in [-0.39, 0.29) is 16.3 Å². The zero-order chi connectivity index (χ0) is 26.5. The molecule has 2 N–H and O–H groups in total. The van der Waals surface area contributed by atoms with Crippen molar-refractivity contribution in [1.29, 1.82) is 0 Å². The fourth-order valence-electron chi connectivity index (χ4n) is 3.37. The maximum atomic E-state index is 13.2. The molecule has 0 aliphatic heterocycles. The number of rotatable bonds is 10. The molecule has 0 atom stereocenters. The summed E-state index contributed by atoms with van der Waals surface area (Å²) < 4.78 is 58.1. The Balaban J connectivity index is 1.96. The van der Waals surface area contributed by atoms with Crippen molar-refractivity contribution in [2.75, 3.05) is 10.1 Å². The van der Waals surface area contributed by atoms with E-state index in [0.717, 1.165) is 17.7 Å². The summed E-state index contributed by atoms with van der Waals surface area (Å²) in [6.45, 7) is 2.47. The minimum Gasteiger partial charge on any atom is -0.435 e. The molecule has 0 bridgehead atoms. The molecular weight excluding hydrogens is 494 g/mol. The molecule has 0 aliphatic rings. The van der Waals surface area contributed by atoms with Gasteiger partial charge in [0.1, 0.15) is 10.6 Å². The lowest BCUT2D eigenvalue weighted by molar-refractivity contribution is -0.385. The maximum Gasteiger partial charge on any atom is 0.387 e. The Morgan fingerprint density at radius 2 is 1.72 bits per heavy atom. The van der Waals surface area contributed by atoms with Crippen LogP contribution in [0.3, 0.4) is 0 Å². The number of anilines is 2. The standard InChI is InChI=1S/C24H24F2N4O5S/c1-4-20(17-6-9-19(10-7-17)35-24(25)26)27-28-22-12-8-18(30(31)32)14-23(22)36(33,34)29-21-11-5-15(2)13-16(21)3/h5-14,24,28-29H,4H2,1-3H3/b27-20+. The minimum absolute atomic E-state index is 0.0152. The van der Waals surface area contributed by atoms with Crippen LogP contribution in [0, 0.1) is 24.0 Å². The summed E-state index contributed by atoms with van der Waals surface area (Å²) >= 11 is 0. The lowest BCUT2D eigenvalue weighted by Crippen LogP contribution is -2.16. The Labute approximate surface area is 207 Å². The molecule has 3 aromatic carbocycles. The van der Waals surface area contributed by atoms with E-state index in [9.17, 15) is 27.3 Å². The highest BCUT2D eigenvalue weighted by Crippen LogP contribution is 2.29. The van der Waals surface area contributed by atoms with E-state index in [4.69, 9.17) is 0 Å².